The standard InChI is InChI=1S/C9H16O2/c1-7(2)5-4-6-8(3)9(10)11/h6-7H,4-5H2,1-3H3,(H,10,11)/b8-6+. The van der Waals surface area contributed by atoms with Crippen LogP contribution in [0.1, 0.15) is 33.6 Å². The third-order valence-corrected chi connectivity index (χ3v) is 1.53. The second-order valence-corrected chi connectivity index (χ2v) is 3.16. The zero-order valence-electron chi connectivity index (χ0n) is 7.42. The maximum Gasteiger partial charge on any atom is 0.330 e. The van der Waals surface area contributed by atoms with Crippen LogP contribution in [0, 0.1) is 5.92 Å². The maximum absolute atomic E-state index is 10.3. The third kappa shape index (κ3) is 5.64. The van der Waals surface area contributed by atoms with Crippen molar-refractivity contribution in [1.82, 2.24) is 0 Å². The van der Waals surface area contributed by atoms with E-state index in [1.807, 2.05) is 0 Å². The number of rotatable bonds is 4. The topological polar surface area (TPSA) is 37.3 Å². The molecule has 0 radical (unpaired) electrons. The van der Waals surface area contributed by atoms with Gasteiger partial charge in [0.05, 0.1) is 0 Å². The Morgan fingerprint density at radius 2 is 2.09 bits per heavy atom. The normalized spacial score (nSPS) is 12.2. The molecule has 0 heterocycles. The minimum absolute atomic E-state index is 0.450. The van der Waals surface area contributed by atoms with Gasteiger partial charge in [0.15, 0.2) is 0 Å². The zero-order chi connectivity index (χ0) is 8.85. The van der Waals surface area contributed by atoms with Crippen LogP contribution in [0.25, 0.3) is 0 Å². The van der Waals surface area contributed by atoms with Crippen molar-refractivity contribution in [2.45, 2.75) is 33.6 Å². The summed E-state index contributed by atoms with van der Waals surface area (Å²) in [5.41, 5.74) is 0.450. The van der Waals surface area contributed by atoms with Crippen LogP contribution in [0.2, 0.25) is 0 Å². The summed E-state index contributed by atoms with van der Waals surface area (Å²) in [6.45, 7) is 5.89. The fourth-order valence-electron chi connectivity index (χ4n) is 0.720. The van der Waals surface area contributed by atoms with Crippen LogP contribution in [0.5, 0.6) is 0 Å². The van der Waals surface area contributed by atoms with Crippen molar-refractivity contribution in [1.29, 1.82) is 0 Å². The molecule has 0 rings (SSSR count). The van der Waals surface area contributed by atoms with E-state index in [9.17, 15) is 4.79 Å². The van der Waals surface area contributed by atoms with Gasteiger partial charge in [-0.15, -0.1) is 0 Å². The largest absolute Gasteiger partial charge is 0.478 e. The highest BCUT2D eigenvalue weighted by molar-refractivity contribution is 5.85. The molecule has 0 atom stereocenters. The van der Waals surface area contributed by atoms with E-state index in [-0.39, 0.29) is 0 Å². The Kier molecular flexibility index (Phi) is 4.59. The Labute approximate surface area is 67.9 Å². The first-order chi connectivity index (χ1) is 5.04. The van der Waals surface area contributed by atoms with Crippen LogP contribution >= 0.6 is 0 Å². The van der Waals surface area contributed by atoms with Gasteiger partial charge in [0, 0.05) is 5.57 Å². The van der Waals surface area contributed by atoms with Gasteiger partial charge >= 0.3 is 5.97 Å². The molecule has 11 heavy (non-hydrogen) atoms. The molecule has 0 spiro atoms. The van der Waals surface area contributed by atoms with Crippen LogP contribution in [0.3, 0.4) is 0 Å². The van der Waals surface area contributed by atoms with Crippen molar-refractivity contribution < 1.29 is 9.90 Å². The van der Waals surface area contributed by atoms with Gasteiger partial charge in [0.25, 0.3) is 0 Å². The average Bonchev–Trinajstić information content (AvgIpc) is 1.86. The number of hydrogen-bond donors (Lipinski definition) is 1. The molecule has 1 N–H and O–H groups in total. The molecule has 0 saturated heterocycles. The smallest absolute Gasteiger partial charge is 0.330 e. The first-order valence-corrected chi connectivity index (χ1v) is 3.94. The predicted molar refractivity (Wildman–Crippen MR) is 45.5 cm³/mol. The summed E-state index contributed by atoms with van der Waals surface area (Å²) >= 11 is 0. The Hall–Kier alpha value is -0.790. The van der Waals surface area contributed by atoms with Crippen molar-refractivity contribution in [3.8, 4) is 0 Å². The number of carboxylic acid groups (broad SMARTS) is 1. The lowest BCUT2D eigenvalue weighted by Crippen LogP contribution is -1.96. The summed E-state index contributed by atoms with van der Waals surface area (Å²) in [4.78, 5) is 10.3. The van der Waals surface area contributed by atoms with Crippen molar-refractivity contribution in [3.63, 3.8) is 0 Å². The Morgan fingerprint density at radius 1 is 1.55 bits per heavy atom. The highest BCUT2D eigenvalue weighted by Gasteiger charge is 1.98. The van der Waals surface area contributed by atoms with Crippen LogP contribution in [0.4, 0.5) is 0 Å². The van der Waals surface area contributed by atoms with Gasteiger partial charge in [-0.3, -0.25) is 0 Å². The molecule has 0 amide bonds. The number of aliphatic carboxylic acids is 1. The second-order valence-electron chi connectivity index (χ2n) is 3.16. The van der Waals surface area contributed by atoms with Gasteiger partial charge in [0.2, 0.25) is 0 Å². The number of carbonyl (C=O) groups is 1. The average molecular weight is 156 g/mol. The maximum atomic E-state index is 10.3. The minimum Gasteiger partial charge on any atom is -0.478 e. The molecule has 2 heteroatoms. The van der Waals surface area contributed by atoms with Gasteiger partial charge < -0.3 is 5.11 Å². The number of carboxylic acids is 1. The van der Waals surface area contributed by atoms with E-state index >= 15 is 0 Å². The molecule has 0 aromatic rings. The molecule has 0 aliphatic rings. The first kappa shape index (κ1) is 10.2. The molecule has 64 valence electrons. The molecule has 2 nitrogen and oxygen atoms in total. The molecule has 0 aliphatic carbocycles. The fourth-order valence-corrected chi connectivity index (χ4v) is 0.720. The van der Waals surface area contributed by atoms with Crippen molar-refractivity contribution in [2.75, 3.05) is 0 Å². The molecule has 0 aromatic carbocycles. The van der Waals surface area contributed by atoms with E-state index in [1.54, 1.807) is 13.0 Å². The summed E-state index contributed by atoms with van der Waals surface area (Å²) in [7, 11) is 0. The fraction of sp³-hybridized carbons (Fsp3) is 0.667. The van der Waals surface area contributed by atoms with Crippen molar-refractivity contribution >= 4 is 5.97 Å². The van der Waals surface area contributed by atoms with Crippen molar-refractivity contribution in [2.24, 2.45) is 5.92 Å². The van der Waals surface area contributed by atoms with Crippen LogP contribution < -0.4 is 0 Å². The van der Waals surface area contributed by atoms with Gasteiger partial charge in [-0.1, -0.05) is 19.9 Å². The summed E-state index contributed by atoms with van der Waals surface area (Å²) in [6.07, 6.45) is 3.71. The van der Waals surface area contributed by atoms with E-state index < -0.39 is 5.97 Å². The molecule has 0 bridgehead atoms. The van der Waals surface area contributed by atoms with E-state index in [0.29, 0.717) is 11.5 Å². The quantitative estimate of drug-likeness (QED) is 0.635. The number of allylic oxidation sites excluding steroid dienone is 1. The van der Waals surface area contributed by atoms with E-state index in [4.69, 9.17) is 5.11 Å². The summed E-state index contributed by atoms with van der Waals surface area (Å²) < 4.78 is 0. The van der Waals surface area contributed by atoms with E-state index in [0.717, 1.165) is 12.8 Å². The van der Waals surface area contributed by atoms with Gasteiger partial charge in [0.1, 0.15) is 0 Å². The molecule has 0 unspecified atom stereocenters. The van der Waals surface area contributed by atoms with Gasteiger partial charge in [-0.05, 0) is 25.7 Å². The lowest BCUT2D eigenvalue weighted by atomic mass is 10.1. The molecule has 0 saturated carbocycles. The highest BCUT2D eigenvalue weighted by Crippen LogP contribution is 2.06. The Morgan fingerprint density at radius 3 is 2.45 bits per heavy atom. The van der Waals surface area contributed by atoms with Crippen LogP contribution in [0.15, 0.2) is 11.6 Å². The van der Waals surface area contributed by atoms with Gasteiger partial charge in [-0.2, -0.15) is 0 Å². The van der Waals surface area contributed by atoms with Crippen molar-refractivity contribution in [3.05, 3.63) is 11.6 Å². The predicted octanol–water partition coefficient (Wildman–Crippen LogP) is 2.45. The SMILES string of the molecule is C/C(=C\CCC(C)C)C(=O)O. The highest BCUT2D eigenvalue weighted by atomic mass is 16.4. The lowest BCUT2D eigenvalue weighted by Gasteiger charge is -1.99. The zero-order valence-corrected chi connectivity index (χ0v) is 7.42. The molecular formula is C9H16O2. The number of hydrogen-bond acceptors (Lipinski definition) is 1. The molecule has 0 fully saturated rings. The summed E-state index contributed by atoms with van der Waals surface area (Å²) in [5.74, 6) is -0.165. The van der Waals surface area contributed by atoms with Crippen LogP contribution in [-0.2, 0) is 4.79 Å². The van der Waals surface area contributed by atoms with Crippen LogP contribution in [-0.4, -0.2) is 11.1 Å². The monoisotopic (exact) mass is 156 g/mol. The van der Waals surface area contributed by atoms with E-state index in [1.165, 1.54) is 0 Å². The minimum atomic E-state index is -0.811. The Bertz CT molecular complexity index is 157. The molecule has 0 aliphatic heterocycles. The summed E-state index contributed by atoms with van der Waals surface area (Å²) in [5, 5.41) is 8.48. The van der Waals surface area contributed by atoms with Gasteiger partial charge in [-0.25, -0.2) is 4.79 Å². The molecular weight excluding hydrogens is 140 g/mol. The lowest BCUT2D eigenvalue weighted by molar-refractivity contribution is -0.132. The summed E-state index contributed by atoms with van der Waals surface area (Å²) in [6, 6.07) is 0. The molecule has 0 aromatic heterocycles. The Balaban J connectivity index is 3.65. The second kappa shape index (κ2) is 4.94. The third-order valence-electron chi connectivity index (χ3n) is 1.53. The van der Waals surface area contributed by atoms with E-state index in [2.05, 4.69) is 13.8 Å². The first-order valence-electron chi connectivity index (χ1n) is 3.94.